The molecule has 0 radical (unpaired) electrons. The van der Waals surface area contributed by atoms with Crippen LogP contribution < -0.4 is 0 Å². The molecule has 0 aliphatic heterocycles. The van der Waals surface area contributed by atoms with E-state index >= 15 is 0 Å². The molecule has 0 aliphatic carbocycles. The van der Waals surface area contributed by atoms with Crippen molar-refractivity contribution in [2.75, 3.05) is 13.2 Å². The van der Waals surface area contributed by atoms with Crippen molar-refractivity contribution in [3.63, 3.8) is 0 Å². The molecule has 0 bridgehead atoms. The van der Waals surface area contributed by atoms with Gasteiger partial charge in [0.2, 0.25) is 0 Å². The van der Waals surface area contributed by atoms with Crippen LogP contribution in [0.5, 0.6) is 0 Å². The minimum atomic E-state index is -2.74. The van der Waals surface area contributed by atoms with Crippen LogP contribution in [0.15, 0.2) is 0 Å². The lowest BCUT2D eigenvalue weighted by atomic mass is 9.96. The number of carbonyl (C=O) groups is 3. The zero-order chi connectivity index (χ0) is 20.4. The lowest BCUT2D eigenvalue weighted by molar-refractivity contribution is -0.170. The Morgan fingerprint density at radius 2 is 1.00 bits per heavy atom. The van der Waals surface area contributed by atoms with E-state index in [2.05, 4.69) is 0 Å². The fraction of sp³-hybridized carbons (Fsp3) is 0.750. The average molecular weight is 374 g/mol. The minimum Gasteiger partial charge on any atom is -0.481 e. The molecular weight excluding hydrogens is 352 g/mol. The summed E-state index contributed by atoms with van der Waals surface area (Å²) < 4.78 is 0. The average Bonchev–Trinajstić information content (AvgIpc) is 2.50. The highest BCUT2D eigenvalue weighted by atomic mass is 16.4. The standard InChI is InChI=1S/C6H8O7.C6H14O6/c7-3(8)1-6(13,5(11)12)2-4(9)10;7-1-3(9)5(11)6(12)4(10)2-8/h13H,1-2H2,(H,7,8)(H,9,10)(H,11,12);3-12H,1-2H2. The Labute approximate surface area is 140 Å². The fourth-order valence-corrected chi connectivity index (χ4v) is 1.39. The molecule has 0 aromatic carbocycles. The van der Waals surface area contributed by atoms with Crippen LogP contribution in [0.4, 0.5) is 0 Å². The van der Waals surface area contributed by atoms with Gasteiger partial charge < -0.3 is 51.1 Å². The number of carboxylic acids is 3. The summed E-state index contributed by atoms with van der Waals surface area (Å²) in [5.74, 6) is -5.02. The molecule has 13 nitrogen and oxygen atoms in total. The Morgan fingerprint density at radius 1 is 0.720 bits per heavy atom. The van der Waals surface area contributed by atoms with E-state index in [1.54, 1.807) is 0 Å². The van der Waals surface area contributed by atoms with Crippen LogP contribution in [0.3, 0.4) is 0 Å². The highest BCUT2D eigenvalue weighted by Gasteiger charge is 2.40. The Hall–Kier alpha value is -1.87. The van der Waals surface area contributed by atoms with Gasteiger partial charge in [-0.2, -0.15) is 0 Å². The SMILES string of the molecule is O=C(O)CC(O)(CC(=O)O)C(=O)O.OCC(O)C(O)C(O)C(O)CO. The number of aliphatic hydroxyl groups is 7. The molecule has 10 N–H and O–H groups in total. The number of rotatable bonds is 10. The number of carboxylic acid groups (broad SMARTS) is 3. The van der Waals surface area contributed by atoms with E-state index in [1.807, 2.05) is 0 Å². The third-order valence-corrected chi connectivity index (χ3v) is 2.80. The quantitative estimate of drug-likeness (QED) is 0.172. The van der Waals surface area contributed by atoms with Gasteiger partial charge in [0.1, 0.15) is 24.4 Å². The topological polar surface area (TPSA) is 254 Å². The maximum absolute atomic E-state index is 10.3. The van der Waals surface area contributed by atoms with Gasteiger partial charge in [-0.25, -0.2) is 4.79 Å². The number of hydrogen-bond donors (Lipinski definition) is 10. The van der Waals surface area contributed by atoms with Crippen molar-refractivity contribution >= 4 is 17.9 Å². The molecule has 4 atom stereocenters. The molecule has 0 fully saturated rings. The van der Waals surface area contributed by atoms with Crippen LogP contribution in [0, 0.1) is 0 Å². The van der Waals surface area contributed by atoms with Crippen LogP contribution in [0.1, 0.15) is 12.8 Å². The summed E-state index contributed by atoms with van der Waals surface area (Å²) in [6.07, 6.45) is -8.68. The Morgan fingerprint density at radius 3 is 1.16 bits per heavy atom. The van der Waals surface area contributed by atoms with Crippen molar-refractivity contribution in [1.29, 1.82) is 0 Å². The molecule has 0 aromatic heterocycles. The molecule has 0 heterocycles. The maximum Gasteiger partial charge on any atom is 0.336 e. The number of aliphatic hydroxyl groups excluding tert-OH is 6. The van der Waals surface area contributed by atoms with Gasteiger partial charge in [-0.3, -0.25) is 9.59 Å². The third-order valence-electron chi connectivity index (χ3n) is 2.80. The van der Waals surface area contributed by atoms with E-state index < -0.39 is 74.0 Å². The molecule has 0 aliphatic rings. The van der Waals surface area contributed by atoms with Crippen LogP contribution in [0.25, 0.3) is 0 Å². The van der Waals surface area contributed by atoms with Crippen molar-refractivity contribution in [3.8, 4) is 0 Å². The van der Waals surface area contributed by atoms with Crippen molar-refractivity contribution in [2.24, 2.45) is 0 Å². The molecule has 0 saturated heterocycles. The van der Waals surface area contributed by atoms with E-state index in [9.17, 15) is 14.4 Å². The van der Waals surface area contributed by atoms with Gasteiger partial charge in [0.15, 0.2) is 5.60 Å². The van der Waals surface area contributed by atoms with E-state index in [4.69, 9.17) is 51.1 Å². The van der Waals surface area contributed by atoms with Crippen LogP contribution in [-0.4, -0.2) is 112 Å². The van der Waals surface area contributed by atoms with Gasteiger partial charge in [-0.15, -0.1) is 0 Å². The Bertz CT molecular complexity index is 407. The van der Waals surface area contributed by atoms with Crippen molar-refractivity contribution < 1.29 is 65.4 Å². The fourth-order valence-electron chi connectivity index (χ4n) is 1.39. The first-order valence-corrected chi connectivity index (χ1v) is 6.65. The first-order chi connectivity index (χ1) is 11.3. The van der Waals surface area contributed by atoms with Gasteiger partial charge in [0.05, 0.1) is 26.1 Å². The molecular formula is C12H22O13. The zero-order valence-electron chi connectivity index (χ0n) is 12.8. The zero-order valence-corrected chi connectivity index (χ0v) is 12.8. The molecule has 0 saturated carbocycles. The second-order valence-corrected chi connectivity index (χ2v) is 4.96. The van der Waals surface area contributed by atoms with Crippen molar-refractivity contribution in [2.45, 2.75) is 42.9 Å². The lowest BCUT2D eigenvalue weighted by Gasteiger charge is -2.24. The Kier molecular flexibility index (Phi) is 11.8. The number of aliphatic carboxylic acids is 3. The van der Waals surface area contributed by atoms with E-state index in [1.165, 1.54) is 0 Å². The van der Waals surface area contributed by atoms with Crippen molar-refractivity contribution in [3.05, 3.63) is 0 Å². The van der Waals surface area contributed by atoms with Gasteiger partial charge in [0.25, 0.3) is 0 Å². The van der Waals surface area contributed by atoms with Gasteiger partial charge >= 0.3 is 17.9 Å². The van der Waals surface area contributed by atoms with Gasteiger partial charge in [-0.1, -0.05) is 0 Å². The molecule has 0 rings (SSSR count). The monoisotopic (exact) mass is 374 g/mol. The maximum atomic E-state index is 10.3. The van der Waals surface area contributed by atoms with Crippen molar-refractivity contribution in [1.82, 2.24) is 0 Å². The first kappa shape index (κ1) is 25.4. The summed E-state index contributed by atoms with van der Waals surface area (Å²) in [4.78, 5) is 30.5. The summed E-state index contributed by atoms with van der Waals surface area (Å²) in [5.41, 5.74) is -2.74. The lowest BCUT2D eigenvalue weighted by Crippen LogP contribution is -2.46. The molecule has 25 heavy (non-hydrogen) atoms. The smallest absolute Gasteiger partial charge is 0.336 e. The summed E-state index contributed by atoms with van der Waals surface area (Å²) in [5, 5.41) is 86.0. The molecule has 0 aromatic rings. The van der Waals surface area contributed by atoms with Crippen LogP contribution in [-0.2, 0) is 14.4 Å². The van der Waals surface area contributed by atoms with Gasteiger partial charge in [0, 0.05) is 0 Å². The van der Waals surface area contributed by atoms with E-state index in [-0.39, 0.29) is 0 Å². The largest absolute Gasteiger partial charge is 0.481 e. The highest BCUT2D eigenvalue weighted by Crippen LogP contribution is 2.15. The third kappa shape index (κ3) is 9.88. The first-order valence-electron chi connectivity index (χ1n) is 6.65. The summed E-state index contributed by atoms with van der Waals surface area (Å²) >= 11 is 0. The predicted octanol–water partition coefficient (Wildman–Crippen LogP) is -4.83. The van der Waals surface area contributed by atoms with E-state index in [0.717, 1.165) is 0 Å². The molecule has 0 spiro atoms. The highest BCUT2D eigenvalue weighted by molar-refractivity contribution is 5.88. The molecule has 0 amide bonds. The number of hydrogen-bond acceptors (Lipinski definition) is 10. The van der Waals surface area contributed by atoms with Crippen LogP contribution in [0.2, 0.25) is 0 Å². The van der Waals surface area contributed by atoms with E-state index in [0.29, 0.717) is 0 Å². The van der Waals surface area contributed by atoms with Gasteiger partial charge in [-0.05, 0) is 0 Å². The Balaban J connectivity index is 0. The minimum absolute atomic E-state index is 0.726. The molecule has 13 heteroatoms. The molecule has 4 unspecified atom stereocenters. The predicted molar refractivity (Wildman–Crippen MR) is 75.3 cm³/mol. The summed E-state index contributed by atoms with van der Waals surface area (Å²) in [6.45, 7) is -1.45. The second-order valence-electron chi connectivity index (χ2n) is 4.96. The second kappa shape index (κ2) is 11.6. The van der Waals surface area contributed by atoms with Crippen LogP contribution >= 0.6 is 0 Å². The normalized spacial score (nSPS) is 16.0. The summed E-state index contributed by atoms with van der Waals surface area (Å²) in [7, 11) is 0. The molecule has 148 valence electrons. The summed E-state index contributed by atoms with van der Waals surface area (Å²) in [6, 6.07) is 0.